The summed E-state index contributed by atoms with van der Waals surface area (Å²) in [6.45, 7) is 6.11. The third-order valence-corrected chi connectivity index (χ3v) is 3.95. The molecular formula is C22H30N4O6. The van der Waals surface area contributed by atoms with Crippen LogP contribution < -0.4 is 10.6 Å². The summed E-state index contributed by atoms with van der Waals surface area (Å²) in [6, 6.07) is 9.18. The minimum atomic E-state index is -1.13. The van der Waals surface area contributed by atoms with Crippen molar-refractivity contribution in [1.82, 2.24) is 15.5 Å². The zero-order chi connectivity index (χ0) is 24.1. The van der Waals surface area contributed by atoms with E-state index in [2.05, 4.69) is 10.6 Å². The number of carbonyl (C=O) groups is 4. The summed E-state index contributed by atoms with van der Waals surface area (Å²) in [4.78, 5) is 50.3. The molecule has 1 aromatic carbocycles. The zero-order valence-corrected chi connectivity index (χ0v) is 18.8. The quantitative estimate of drug-likeness (QED) is 0.412. The van der Waals surface area contributed by atoms with Gasteiger partial charge in [-0.2, -0.15) is 5.26 Å². The molecule has 0 saturated carbocycles. The Bertz CT molecular complexity index is 829. The van der Waals surface area contributed by atoms with E-state index in [0.717, 1.165) is 4.90 Å². The van der Waals surface area contributed by atoms with Crippen molar-refractivity contribution in [2.24, 2.45) is 0 Å². The maximum Gasteiger partial charge on any atom is 0.408 e. The van der Waals surface area contributed by atoms with Gasteiger partial charge in [-0.1, -0.05) is 30.3 Å². The number of benzene rings is 1. The van der Waals surface area contributed by atoms with Crippen LogP contribution in [0.15, 0.2) is 30.3 Å². The molecule has 0 fully saturated rings. The van der Waals surface area contributed by atoms with Crippen molar-refractivity contribution in [2.45, 2.75) is 45.8 Å². The second-order valence-electron chi connectivity index (χ2n) is 7.69. The van der Waals surface area contributed by atoms with Gasteiger partial charge in [0, 0.05) is 6.54 Å². The van der Waals surface area contributed by atoms with Crippen molar-refractivity contribution in [3.8, 4) is 6.07 Å². The molecule has 0 spiro atoms. The predicted molar refractivity (Wildman–Crippen MR) is 115 cm³/mol. The van der Waals surface area contributed by atoms with Crippen LogP contribution in [0.5, 0.6) is 0 Å². The number of ether oxygens (including phenoxy) is 2. The second-order valence-corrected chi connectivity index (χ2v) is 7.69. The Morgan fingerprint density at radius 1 is 1.12 bits per heavy atom. The summed E-state index contributed by atoms with van der Waals surface area (Å²) < 4.78 is 9.94. The van der Waals surface area contributed by atoms with E-state index in [1.165, 1.54) is 0 Å². The minimum absolute atomic E-state index is 0.00570. The first-order valence-electron chi connectivity index (χ1n) is 10.2. The van der Waals surface area contributed by atoms with Crippen LogP contribution in [0.1, 0.15) is 45.7 Å². The van der Waals surface area contributed by atoms with Crippen LogP contribution in [0.4, 0.5) is 4.79 Å². The fourth-order valence-corrected chi connectivity index (χ4v) is 2.69. The van der Waals surface area contributed by atoms with Gasteiger partial charge in [-0.05, 0) is 33.3 Å². The van der Waals surface area contributed by atoms with E-state index in [0.29, 0.717) is 5.56 Å². The Labute approximate surface area is 187 Å². The predicted octanol–water partition coefficient (Wildman–Crippen LogP) is 1.67. The Balaban J connectivity index is 2.98. The lowest BCUT2D eigenvalue weighted by Crippen LogP contribution is -2.48. The molecular weight excluding hydrogens is 416 g/mol. The van der Waals surface area contributed by atoms with Crippen LogP contribution in [0.3, 0.4) is 0 Å². The van der Waals surface area contributed by atoms with Crippen molar-refractivity contribution in [3.63, 3.8) is 0 Å². The van der Waals surface area contributed by atoms with Gasteiger partial charge in [0.1, 0.15) is 24.7 Å². The third kappa shape index (κ3) is 9.47. The van der Waals surface area contributed by atoms with Gasteiger partial charge in [0.05, 0.1) is 19.1 Å². The summed E-state index contributed by atoms with van der Waals surface area (Å²) in [6.07, 6.45) is -0.828. The molecule has 2 N–H and O–H groups in total. The average molecular weight is 447 g/mol. The molecule has 3 amide bonds. The third-order valence-electron chi connectivity index (χ3n) is 3.95. The van der Waals surface area contributed by atoms with Gasteiger partial charge in [-0.25, -0.2) is 4.79 Å². The van der Waals surface area contributed by atoms with E-state index in [9.17, 15) is 24.4 Å². The normalized spacial score (nSPS) is 11.5. The highest BCUT2D eigenvalue weighted by molar-refractivity contribution is 5.90. The van der Waals surface area contributed by atoms with E-state index < -0.39 is 42.1 Å². The number of carbonyl (C=O) groups excluding carboxylic acids is 4. The van der Waals surface area contributed by atoms with Gasteiger partial charge in [0.2, 0.25) is 11.8 Å². The number of esters is 1. The summed E-state index contributed by atoms with van der Waals surface area (Å²) >= 11 is 0. The van der Waals surface area contributed by atoms with Crippen molar-refractivity contribution in [1.29, 1.82) is 5.26 Å². The molecule has 32 heavy (non-hydrogen) atoms. The number of hydrogen-bond donors (Lipinski definition) is 2. The molecule has 174 valence electrons. The van der Waals surface area contributed by atoms with Gasteiger partial charge in [0.25, 0.3) is 0 Å². The van der Waals surface area contributed by atoms with Gasteiger partial charge in [0.15, 0.2) is 0 Å². The first-order chi connectivity index (χ1) is 15.1. The maximum atomic E-state index is 13.0. The second kappa shape index (κ2) is 12.9. The zero-order valence-electron chi connectivity index (χ0n) is 18.8. The SMILES string of the molecule is CCOC(=O)CCNC(=O)C(c1ccccc1)N(CC#N)C(=O)CNC(=O)OC(C)(C)C. The molecule has 10 heteroatoms. The fourth-order valence-electron chi connectivity index (χ4n) is 2.69. The smallest absolute Gasteiger partial charge is 0.408 e. The van der Waals surface area contributed by atoms with Crippen molar-refractivity contribution in [2.75, 3.05) is 26.2 Å². The van der Waals surface area contributed by atoms with E-state index in [1.807, 2.05) is 6.07 Å². The number of rotatable bonds is 10. The highest BCUT2D eigenvalue weighted by Crippen LogP contribution is 2.21. The van der Waals surface area contributed by atoms with E-state index in [1.54, 1.807) is 58.0 Å². The molecule has 1 atom stereocenters. The van der Waals surface area contributed by atoms with E-state index in [4.69, 9.17) is 9.47 Å². The molecule has 0 saturated heterocycles. The van der Waals surface area contributed by atoms with E-state index in [-0.39, 0.29) is 26.1 Å². The van der Waals surface area contributed by atoms with Gasteiger partial charge in [-0.3, -0.25) is 14.4 Å². The molecule has 10 nitrogen and oxygen atoms in total. The highest BCUT2D eigenvalue weighted by Gasteiger charge is 2.31. The summed E-state index contributed by atoms with van der Waals surface area (Å²) in [5.41, 5.74) is -0.271. The summed E-state index contributed by atoms with van der Waals surface area (Å²) in [5.74, 6) is -1.68. The average Bonchev–Trinajstić information content (AvgIpc) is 2.71. The molecule has 0 heterocycles. The molecule has 0 aliphatic rings. The maximum absolute atomic E-state index is 13.0. The largest absolute Gasteiger partial charge is 0.466 e. The van der Waals surface area contributed by atoms with Crippen LogP contribution in [0.2, 0.25) is 0 Å². The Morgan fingerprint density at radius 2 is 1.78 bits per heavy atom. The van der Waals surface area contributed by atoms with Crippen molar-refractivity contribution in [3.05, 3.63) is 35.9 Å². The van der Waals surface area contributed by atoms with Crippen LogP contribution in [-0.4, -0.2) is 60.6 Å². The lowest BCUT2D eigenvalue weighted by Gasteiger charge is -2.29. The summed E-state index contributed by atoms with van der Waals surface area (Å²) in [7, 11) is 0. The topological polar surface area (TPSA) is 138 Å². The van der Waals surface area contributed by atoms with Gasteiger partial charge in [-0.15, -0.1) is 0 Å². The molecule has 0 radical (unpaired) electrons. The standard InChI is InChI=1S/C22H30N4O6/c1-5-31-18(28)11-13-24-20(29)19(16-9-7-6-8-10-16)26(14-12-23)17(27)15-25-21(30)32-22(2,3)4/h6-10,19H,5,11,13-15H2,1-4H3,(H,24,29)(H,25,30). The lowest BCUT2D eigenvalue weighted by molar-refractivity contribution is -0.143. The number of hydrogen-bond acceptors (Lipinski definition) is 7. The molecule has 1 unspecified atom stereocenters. The number of nitriles is 1. The molecule has 0 aliphatic heterocycles. The van der Waals surface area contributed by atoms with Gasteiger partial charge < -0.3 is 25.0 Å². The Hall–Kier alpha value is -3.61. The fraction of sp³-hybridized carbons (Fsp3) is 0.500. The van der Waals surface area contributed by atoms with Crippen LogP contribution >= 0.6 is 0 Å². The molecule has 0 bridgehead atoms. The lowest BCUT2D eigenvalue weighted by atomic mass is 10.0. The Kier molecular flexibility index (Phi) is 10.7. The number of nitrogens with zero attached hydrogens (tertiary/aromatic N) is 2. The summed E-state index contributed by atoms with van der Waals surface area (Å²) in [5, 5.41) is 14.2. The van der Waals surface area contributed by atoms with Crippen LogP contribution in [0, 0.1) is 11.3 Å². The van der Waals surface area contributed by atoms with Crippen LogP contribution in [0.25, 0.3) is 0 Å². The molecule has 1 rings (SSSR count). The van der Waals surface area contributed by atoms with Crippen LogP contribution in [-0.2, 0) is 23.9 Å². The Morgan fingerprint density at radius 3 is 2.34 bits per heavy atom. The van der Waals surface area contributed by atoms with Crippen molar-refractivity contribution >= 4 is 23.9 Å². The molecule has 0 aromatic heterocycles. The highest BCUT2D eigenvalue weighted by atomic mass is 16.6. The minimum Gasteiger partial charge on any atom is -0.466 e. The first kappa shape index (κ1) is 26.4. The first-order valence-corrected chi connectivity index (χ1v) is 10.2. The molecule has 1 aromatic rings. The molecule has 0 aliphatic carbocycles. The van der Waals surface area contributed by atoms with Crippen molar-refractivity contribution < 1.29 is 28.7 Å². The number of amides is 3. The van der Waals surface area contributed by atoms with Gasteiger partial charge >= 0.3 is 12.1 Å². The van der Waals surface area contributed by atoms with E-state index >= 15 is 0 Å². The monoisotopic (exact) mass is 446 g/mol. The number of alkyl carbamates (subject to hydrolysis) is 1. The number of nitrogens with one attached hydrogen (secondary N) is 2.